The van der Waals surface area contributed by atoms with E-state index in [-0.39, 0.29) is 10.3 Å². The first-order chi connectivity index (χ1) is 13.5. The molecule has 7 nitrogen and oxygen atoms in total. The zero-order valence-corrected chi connectivity index (χ0v) is 17.5. The molecule has 2 aromatic carbocycles. The Labute approximate surface area is 170 Å². The van der Waals surface area contributed by atoms with Crippen LogP contribution in [0.15, 0.2) is 64.0 Å². The third kappa shape index (κ3) is 5.03. The molecule has 1 aromatic heterocycles. The maximum absolute atomic E-state index is 12.5. The van der Waals surface area contributed by atoms with Gasteiger partial charge < -0.3 is 9.84 Å². The largest absolute Gasteiger partial charge is 0.359 e. The Hall–Kier alpha value is -3.13. The minimum atomic E-state index is -3.75. The summed E-state index contributed by atoms with van der Waals surface area (Å²) in [6.45, 7) is 7.85. The van der Waals surface area contributed by atoms with Crippen molar-refractivity contribution in [3.05, 3.63) is 71.5 Å². The molecule has 0 spiro atoms. The number of nitrogens with zero attached hydrogens (tertiary/aromatic N) is 1. The molecule has 1 heterocycles. The molecule has 0 fully saturated rings. The molecule has 0 aliphatic heterocycles. The van der Waals surface area contributed by atoms with Crippen LogP contribution in [0.3, 0.4) is 0 Å². The summed E-state index contributed by atoms with van der Waals surface area (Å²) in [5.74, 6) is 0.545. The molecule has 0 radical (unpaired) electrons. The third-order valence-corrected chi connectivity index (χ3v) is 5.62. The summed E-state index contributed by atoms with van der Waals surface area (Å²) >= 11 is 0. The van der Waals surface area contributed by atoms with Crippen LogP contribution < -0.4 is 10.0 Å². The molecular formula is C21H23N3O4S. The minimum Gasteiger partial charge on any atom is -0.359 e. The third-order valence-electron chi connectivity index (χ3n) is 4.22. The first-order valence-electron chi connectivity index (χ1n) is 9.03. The van der Waals surface area contributed by atoms with Crippen LogP contribution in [0.5, 0.6) is 0 Å². The molecule has 0 bridgehead atoms. The fourth-order valence-electron chi connectivity index (χ4n) is 2.50. The van der Waals surface area contributed by atoms with E-state index in [4.69, 9.17) is 4.52 Å². The molecule has 0 saturated carbocycles. The van der Waals surface area contributed by atoms with Crippen molar-refractivity contribution < 1.29 is 17.7 Å². The fourth-order valence-corrected chi connectivity index (χ4v) is 3.56. The highest BCUT2D eigenvalue weighted by Crippen LogP contribution is 2.24. The predicted molar refractivity (Wildman–Crippen MR) is 112 cm³/mol. The smallest absolute Gasteiger partial charge is 0.261 e. The first kappa shape index (κ1) is 20.6. The second-order valence-corrected chi connectivity index (χ2v) is 9.46. The van der Waals surface area contributed by atoms with E-state index in [2.05, 4.69) is 15.2 Å². The van der Waals surface area contributed by atoms with Gasteiger partial charge in [-0.1, -0.05) is 43.6 Å². The van der Waals surface area contributed by atoms with Crippen LogP contribution >= 0.6 is 0 Å². The van der Waals surface area contributed by atoms with Crippen molar-refractivity contribution in [3.8, 4) is 0 Å². The number of hydrogen-bond acceptors (Lipinski definition) is 5. The molecule has 0 saturated heterocycles. The van der Waals surface area contributed by atoms with E-state index in [0.29, 0.717) is 22.8 Å². The molecule has 0 unspecified atom stereocenters. The standard InChI is InChI=1S/C21H23N3O4S/c1-14-5-9-16(10-6-14)24-29(26,27)17-11-7-15(8-12-17)20(25)22-19-13-18(28-23-19)21(2,3)4/h5-13,24H,1-4H3,(H,22,23,25). The summed E-state index contributed by atoms with van der Waals surface area (Å²) in [5, 5.41) is 6.49. The number of sulfonamides is 1. The van der Waals surface area contributed by atoms with Crippen LogP contribution in [0, 0.1) is 6.92 Å². The maximum atomic E-state index is 12.5. The zero-order valence-electron chi connectivity index (χ0n) is 16.7. The van der Waals surface area contributed by atoms with Crippen molar-refractivity contribution >= 4 is 27.4 Å². The molecule has 3 rings (SSSR count). The van der Waals surface area contributed by atoms with Gasteiger partial charge in [0.05, 0.1) is 4.90 Å². The highest BCUT2D eigenvalue weighted by Gasteiger charge is 2.21. The van der Waals surface area contributed by atoms with Gasteiger partial charge in [0.25, 0.3) is 15.9 Å². The lowest BCUT2D eigenvalue weighted by atomic mass is 9.93. The van der Waals surface area contributed by atoms with E-state index in [1.54, 1.807) is 18.2 Å². The SMILES string of the molecule is Cc1ccc(NS(=O)(=O)c2ccc(C(=O)Nc3cc(C(C)(C)C)on3)cc2)cc1. The highest BCUT2D eigenvalue weighted by atomic mass is 32.2. The summed E-state index contributed by atoms with van der Waals surface area (Å²) in [7, 11) is -3.75. The Kier molecular flexibility index (Phi) is 5.48. The lowest BCUT2D eigenvalue weighted by Crippen LogP contribution is -2.15. The van der Waals surface area contributed by atoms with Crippen molar-refractivity contribution in [1.29, 1.82) is 0 Å². The monoisotopic (exact) mass is 413 g/mol. The van der Waals surface area contributed by atoms with Crippen molar-refractivity contribution in [2.24, 2.45) is 0 Å². The van der Waals surface area contributed by atoms with Crippen molar-refractivity contribution in [3.63, 3.8) is 0 Å². The van der Waals surface area contributed by atoms with E-state index in [1.165, 1.54) is 24.3 Å². The van der Waals surface area contributed by atoms with Crippen molar-refractivity contribution in [2.75, 3.05) is 10.0 Å². The van der Waals surface area contributed by atoms with Crippen LogP contribution in [-0.4, -0.2) is 19.5 Å². The second-order valence-electron chi connectivity index (χ2n) is 7.78. The van der Waals surface area contributed by atoms with Crippen LogP contribution in [0.4, 0.5) is 11.5 Å². The lowest BCUT2D eigenvalue weighted by molar-refractivity contribution is 0.102. The molecule has 3 aromatic rings. The number of rotatable bonds is 5. The minimum absolute atomic E-state index is 0.0612. The predicted octanol–water partition coefficient (Wildman–Crippen LogP) is 4.33. The van der Waals surface area contributed by atoms with E-state index < -0.39 is 15.9 Å². The summed E-state index contributed by atoms with van der Waals surface area (Å²) in [4.78, 5) is 12.5. The van der Waals surface area contributed by atoms with Crippen molar-refractivity contribution in [1.82, 2.24) is 5.16 Å². The van der Waals surface area contributed by atoms with Gasteiger partial charge in [-0.3, -0.25) is 9.52 Å². The number of aryl methyl sites for hydroxylation is 1. The number of hydrogen-bond donors (Lipinski definition) is 2. The van der Waals surface area contributed by atoms with Crippen LogP contribution in [-0.2, 0) is 15.4 Å². The van der Waals surface area contributed by atoms with Gasteiger partial charge in [0.1, 0.15) is 5.76 Å². The number of amides is 1. The molecule has 29 heavy (non-hydrogen) atoms. The number of carbonyl (C=O) groups is 1. The van der Waals surface area contributed by atoms with Gasteiger partial charge in [-0.05, 0) is 43.3 Å². The Morgan fingerprint density at radius 3 is 2.17 bits per heavy atom. The van der Waals surface area contributed by atoms with Gasteiger partial charge in [0, 0.05) is 22.7 Å². The first-order valence-corrected chi connectivity index (χ1v) is 10.5. The molecule has 0 aliphatic rings. The normalized spacial score (nSPS) is 11.9. The average Bonchev–Trinajstić information content (AvgIpc) is 3.12. The maximum Gasteiger partial charge on any atom is 0.261 e. The van der Waals surface area contributed by atoms with Gasteiger partial charge in [0.2, 0.25) is 0 Å². The van der Waals surface area contributed by atoms with E-state index >= 15 is 0 Å². The Morgan fingerprint density at radius 1 is 1.00 bits per heavy atom. The Bertz CT molecular complexity index is 1110. The molecule has 8 heteroatoms. The summed E-state index contributed by atoms with van der Waals surface area (Å²) in [6.07, 6.45) is 0. The number of aromatic nitrogens is 1. The van der Waals surface area contributed by atoms with Gasteiger partial charge in [-0.15, -0.1) is 0 Å². The van der Waals surface area contributed by atoms with Gasteiger partial charge in [-0.25, -0.2) is 8.42 Å². The quantitative estimate of drug-likeness (QED) is 0.648. The van der Waals surface area contributed by atoms with Gasteiger partial charge in [0.15, 0.2) is 5.82 Å². The zero-order chi connectivity index (χ0) is 21.2. The van der Waals surface area contributed by atoms with Gasteiger partial charge in [-0.2, -0.15) is 0 Å². The molecule has 0 atom stereocenters. The summed E-state index contributed by atoms with van der Waals surface area (Å²) in [5.41, 5.74) is 1.58. The molecule has 152 valence electrons. The topological polar surface area (TPSA) is 101 Å². The molecule has 2 N–H and O–H groups in total. The highest BCUT2D eigenvalue weighted by molar-refractivity contribution is 7.92. The summed E-state index contributed by atoms with van der Waals surface area (Å²) in [6, 6.07) is 14.4. The van der Waals surface area contributed by atoms with Gasteiger partial charge >= 0.3 is 0 Å². The van der Waals surface area contributed by atoms with Crippen LogP contribution in [0.25, 0.3) is 0 Å². The van der Waals surface area contributed by atoms with Crippen molar-refractivity contribution in [2.45, 2.75) is 38.0 Å². The molecular weight excluding hydrogens is 390 g/mol. The Morgan fingerprint density at radius 2 is 1.62 bits per heavy atom. The molecule has 0 aliphatic carbocycles. The number of benzene rings is 2. The second kappa shape index (κ2) is 7.71. The fraction of sp³-hybridized carbons (Fsp3) is 0.238. The van der Waals surface area contributed by atoms with E-state index in [0.717, 1.165) is 5.56 Å². The Balaban J connectivity index is 1.71. The van der Waals surface area contributed by atoms with E-state index in [9.17, 15) is 13.2 Å². The number of anilines is 2. The lowest BCUT2D eigenvalue weighted by Gasteiger charge is -2.12. The molecule has 1 amide bonds. The number of carbonyl (C=O) groups excluding carboxylic acids is 1. The van der Waals surface area contributed by atoms with E-state index in [1.807, 2.05) is 39.8 Å². The average molecular weight is 413 g/mol. The summed E-state index contributed by atoms with van der Waals surface area (Å²) < 4.78 is 32.8. The number of nitrogens with one attached hydrogen (secondary N) is 2. The van der Waals surface area contributed by atoms with Crippen LogP contribution in [0.1, 0.15) is 42.5 Å². The van der Waals surface area contributed by atoms with Crippen LogP contribution in [0.2, 0.25) is 0 Å².